The van der Waals surface area contributed by atoms with Crippen LogP contribution >= 0.6 is 54.8 Å². The van der Waals surface area contributed by atoms with Crippen LogP contribution < -0.4 is 5.32 Å². The van der Waals surface area contributed by atoms with Gasteiger partial charge in [-0.25, -0.2) is 0 Å². The van der Waals surface area contributed by atoms with Crippen molar-refractivity contribution in [3.8, 4) is 0 Å². The molecule has 1 amide bonds. The summed E-state index contributed by atoms with van der Waals surface area (Å²) in [7, 11) is 0. The maximum absolute atomic E-state index is 12.2. The lowest BCUT2D eigenvalue weighted by Crippen LogP contribution is -2.11. The van der Waals surface area contributed by atoms with Crippen LogP contribution in [0, 0.1) is 0 Å². The van der Waals surface area contributed by atoms with E-state index in [0.29, 0.717) is 22.3 Å². The van der Waals surface area contributed by atoms with Crippen LogP contribution in [0.25, 0.3) is 0 Å². The molecule has 0 aliphatic heterocycles. The molecule has 0 spiro atoms. The van der Waals surface area contributed by atoms with E-state index in [-0.39, 0.29) is 5.91 Å². The van der Waals surface area contributed by atoms with Gasteiger partial charge in [0.2, 0.25) is 0 Å². The van der Waals surface area contributed by atoms with Crippen LogP contribution in [-0.2, 0) is 6.54 Å². The third-order valence-corrected chi connectivity index (χ3v) is 6.47. The van der Waals surface area contributed by atoms with Gasteiger partial charge < -0.3 is 5.32 Å². The quantitative estimate of drug-likeness (QED) is 0.548. The number of hydrogen-bond acceptors (Lipinski definition) is 3. The fourth-order valence-electron chi connectivity index (χ4n) is 1.98. The van der Waals surface area contributed by atoms with Crippen LogP contribution in [-0.4, -0.2) is 15.7 Å². The Kier molecular flexibility index (Phi) is 5.21. The minimum atomic E-state index is -0.186. The third-order valence-electron chi connectivity index (χ3n) is 2.98. The van der Waals surface area contributed by atoms with Gasteiger partial charge in [-0.2, -0.15) is 5.10 Å². The Morgan fingerprint density at radius 1 is 1.30 bits per heavy atom. The lowest BCUT2D eigenvalue weighted by molar-refractivity contribution is 0.103. The number of thiophene rings is 1. The lowest BCUT2D eigenvalue weighted by Gasteiger charge is -2.03. The van der Waals surface area contributed by atoms with Gasteiger partial charge in [0.15, 0.2) is 5.82 Å². The molecule has 1 N–H and O–H groups in total. The molecule has 3 rings (SSSR count). The largest absolute Gasteiger partial charge is 0.304 e. The molecule has 0 aliphatic rings. The van der Waals surface area contributed by atoms with E-state index >= 15 is 0 Å². The molecule has 0 atom stereocenters. The van der Waals surface area contributed by atoms with E-state index in [1.807, 2.05) is 30.5 Å². The van der Waals surface area contributed by atoms with Gasteiger partial charge in [-0.3, -0.25) is 9.48 Å². The molecule has 23 heavy (non-hydrogen) atoms. The standard InChI is InChI=1S/C15H10Br2ClN3OS/c16-11-7-12(23-14(11)17)15(22)19-13-4-5-21(20-13)8-9-2-1-3-10(18)6-9/h1-7H,8H2,(H,19,20,22). The highest BCUT2D eigenvalue weighted by molar-refractivity contribution is 9.13. The first kappa shape index (κ1) is 16.7. The Morgan fingerprint density at radius 3 is 2.83 bits per heavy atom. The van der Waals surface area contributed by atoms with Crippen LogP contribution in [0.15, 0.2) is 50.9 Å². The number of amides is 1. The topological polar surface area (TPSA) is 46.9 Å². The second kappa shape index (κ2) is 7.17. The molecule has 2 aromatic heterocycles. The zero-order valence-corrected chi connectivity index (χ0v) is 16.3. The van der Waals surface area contributed by atoms with Gasteiger partial charge in [-0.05, 0) is 55.6 Å². The number of nitrogens with one attached hydrogen (secondary N) is 1. The zero-order valence-electron chi connectivity index (χ0n) is 11.6. The summed E-state index contributed by atoms with van der Waals surface area (Å²) in [5.41, 5.74) is 1.05. The molecule has 0 fully saturated rings. The third kappa shape index (κ3) is 4.23. The van der Waals surface area contributed by atoms with Crippen LogP contribution in [0.1, 0.15) is 15.2 Å². The number of nitrogens with zero attached hydrogens (tertiary/aromatic N) is 2. The van der Waals surface area contributed by atoms with Crippen molar-refractivity contribution in [2.24, 2.45) is 0 Å². The predicted molar refractivity (Wildman–Crippen MR) is 100 cm³/mol. The van der Waals surface area contributed by atoms with E-state index in [9.17, 15) is 4.79 Å². The van der Waals surface area contributed by atoms with Gasteiger partial charge in [-0.15, -0.1) is 11.3 Å². The molecule has 0 bridgehead atoms. The van der Waals surface area contributed by atoms with E-state index in [4.69, 9.17) is 11.6 Å². The fourth-order valence-corrected chi connectivity index (χ4v) is 4.12. The van der Waals surface area contributed by atoms with Gasteiger partial charge in [-0.1, -0.05) is 23.7 Å². The van der Waals surface area contributed by atoms with Crippen molar-refractivity contribution in [2.75, 3.05) is 5.32 Å². The molecule has 0 saturated heterocycles. The summed E-state index contributed by atoms with van der Waals surface area (Å²) in [4.78, 5) is 12.8. The Morgan fingerprint density at radius 2 is 2.13 bits per heavy atom. The van der Waals surface area contributed by atoms with Crippen LogP contribution in [0.5, 0.6) is 0 Å². The average molecular weight is 476 g/mol. The van der Waals surface area contributed by atoms with Crippen molar-refractivity contribution in [3.05, 3.63) is 66.3 Å². The minimum Gasteiger partial charge on any atom is -0.304 e. The Bertz CT molecular complexity index is 843. The van der Waals surface area contributed by atoms with Crippen molar-refractivity contribution in [1.29, 1.82) is 0 Å². The molecule has 0 aliphatic carbocycles. The number of carbonyl (C=O) groups excluding carboxylic acids is 1. The van der Waals surface area contributed by atoms with Crippen LogP contribution in [0.2, 0.25) is 5.02 Å². The van der Waals surface area contributed by atoms with Crippen molar-refractivity contribution >= 4 is 66.5 Å². The van der Waals surface area contributed by atoms with E-state index in [0.717, 1.165) is 13.8 Å². The van der Waals surface area contributed by atoms with Gasteiger partial charge in [0.05, 0.1) is 15.2 Å². The van der Waals surface area contributed by atoms with Crippen molar-refractivity contribution in [3.63, 3.8) is 0 Å². The molecular formula is C15H10Br2ClN3OS. The first-order valence-electron chi connectivity index (χ1n) is 6.55. The normalized spacial score (nSPS) is 10.7. The van der Waals surface area contributed by atoms with Gasteiger partial charge in [0.1, 0.15) is 0 Å². The number of anilines is 1. The first-order valence-corrected chi connectivity index (χ1v) is 9.33. The van der Waals surface area contributed by atoms with Crippen LogP contribution in [0.4, 0.5) is 5.82 Å². The van der Waals surface area contributed by atoms with Gasteiger partial charge in [0.25, 0.3) is 5.91 Å². The fraction of sp³-hybridized carbons (Fsp3) is 0.0667. The highest BCUT2D eigenvalue weighted by atomic mass is 79.9. The number of benzene rings is 1. The van der Waals surface area contributed by atoms with Crippen molar-refractivity contribution in [2.45, 2.75) is 6.54 Å². The van der Waals surface area contributed by atoms with E-state index in [1.54, 1.807) is 16.8 Å². The molecule has 4 nitrogen and oxygen atoms in total. The maximum Gasteiger partial charge on any atom is 0.267 e. The van der Waals surface area contributed by atoms with Crippen molar-refractivity contribution in [1.82, 2.24) is 9.78 Å². The summed E-state index contributed by atoms with van der Waals surface area (Å²) < 4.78 is 3.50. The first-order chi connectivity index (χ1) is 11.0. The Balaban J connectivity index is 1.68. The second-order valence-corrected chi connectivity index (χ2v) is 8.38. The van der Waals surface area contributed by atoms with Gasteiger partial charge >= 0.3 is 0 Å². The highest BCUT2D eigenvalue weighted by Crippen LogP contribution is 2.32. The molecule has 3 aromatic rings. The lowest BCUT2D eigenvalue weighted by atomic mass is 10.2. The molecule has 8 heteroatoms. The second-order valence-electron chi connectivity index (χ2n) is 4.71. The van der Waals surface area contributed by atoms with E-state index in [2.05, 4.69) is 42.3 Å². The van der Waals surface area contributed by atoms with Crippen LogP contribution in [0.3, 0.4) is 0 Å². The summed E-state index contributed by atoms with van der Waals surface area (Å²) in [6, 6.07) is 11.1. The summed E-state index contributed by atoms with van der Waals surface area (Å²) in [6.07, 6.45) is 1.82. The predicted octanol–water partition coefficient (Wildman–Crippen LogP) is 5.42. The summed E-state index contributed by atoms with van der Waals surface area (Å²) in [5.74, 6) is 0.326. The molecule has 0 radical (unpaired) electrons. The highest BCUT2D eigenvalue weighted by Gasteiger charge is 2.13. The molecule has 0 saturated carbocycles. The summed E-state index contributed by atoms with van der Waals surface area (Å²) >= 11 is 14.1. The summed E-state index contributed by atoms with van der Waals surface area (Å²) in [5, 5.41) is 7.83. The average Bonchev–Trinajstić information content (AvgIpc) is 3.06. The number of hydrogen-bond donors (Lipinski definition) is 1. The number of halogens is 3. The Hall–Kier alpha value is -1.15. The number of aromatic nitrogens is 2. The maximum atomic E-state index is 12.2. The van der Waals surface area contributed by atoms with Crippen molar-refractivity contribution < 1.29 is 4.79 Å². The van der Waals surface area contributed by atoms with E-state index in [1.165, 1.54) is 11.3 Å². The molecule has 1 aromatic carbocycles. The smallest absolute Gasteiger partial charge is 0.267 e. The SMILES string of the molecule is O=C(Nc1ccn(Cc2cccc(Cl)c2)n1)c1cc(Br)c(Br)s1. The number of rotatable bonds is 4. The zero-order chi connectivity index (χ0) is 16.4. The molecule has 0 unspecified atom stereocenters. The summed E-state index contributed by atoms with van der Waals surface area (Å²) in [6.45, 7) is 0.590. The molecule has 118 valence electrons. The monoisotopic (exact) mass is 473 g/mol. The minimum absolute atomic E-state index is 0.186. The number of carbonyl (C=O) groups is 1. The van der Waals surface area contributed by atoms with Gasteiger partial charge in [0, 0.05) is 21.8 Å². The molecular weight excluding hydrogens is 466 g/mol. The molecule has 2 heterocycles. The Labute approximate surface area is 158 Å². The van der Waals surface area contributed by atoms with E-state index < -0.39 is 0 Å².